The second kappa shape index (κ2) is 4.18. The molecule has 62 valence electrons. The summed E-state index contributed by atoms with van der Waals surface area (Å²) in [4.78, 5) is 10.7. The maximum Gasteiger partial charge on any atom is 0.322 e. The molecule has 0 aliphatic heterocycles. The Morgan fingerprint density at radius 3 is 1.75 bits per heavy atom. The minimum Gasteiger partial charge on any atom is -0.351 e. The number of rotatable bonds is 0. The van der Waals surface area contributed by atoms with Gasteiger partial charge >= 0.3 is 6.03 Å². The molecule has 0 aliphatic rings. The van der Waals surface area contributed by atoms with Crippen LogP contribution in [0.5, 0.6) is 0 Å². The molecule has 3 nitrogen and oxygen atoms in total. The lowest BCUT2D eigenvalue weighted by molar-refractivity contribution is 0.250. The Kier molecular flexibility index (Phi) is 2.90. The highest BCUT2D eigenvalue weighted by molar-refractivity contribution is 5.74. The topological polar surface area (TPSA) is 48.0 Å². The van der Waals surface area contributed by atoms with E-state index in [-0.39, 0.29) is 0 Å². The van der Waals surface area contributed by atoms with Crippen LogP contribution in [-0.4, -0.2) is 10.6 Å². The van der Waals surface area contributed by atoms with Gasteiger partial charge in [0.05, 0.1) is 0 Å². The fourth-order valence-electron chi connectivity index (χ4n) is 0.738. The molecule has 0 radical (unpaired) electrons. The Bertz CT molecular complexity index is 292. The van der Waals surface area contributed by atoms with Crippen LogP contribution in [0, 0.1) is 0 Å². The molecule has 0 unspecified atom stereocenters. The van der Waals surface area contributed by atoms with Gasteiger partial charge in [-0.15, -0.1) is 0 Å². The Hall–Kier alpha value is -1.77. The van der Waals surface area contributed by atoms with E-state index in [2.05, 4.69) is 0 Å². The van der Waals surface area contributed by atoms with E-state index in [4.69, 9.17) is 5.73 Å². The van der Waals surface area contributed by atoms with Crippen molar-refractivity contribution in [1.82, 2.24) is 4.57 Å². The number of aromatic nitrogens is 1. The SMILES string of the molecule is NC(=O)n1cccccccc1. The molecule has 12 heavy (non-hydrogen) atoms. The summed E-state index contributed by atoms with van der Waals surface area (Å²) in [5.74, 6) is 0. The van der Waals surface area contributed by atoms with Crippen LogP contribution >= 0.6 is 0 Å². The third-order valence-corrected chi connectivity index (χ3v) is 1.30. The van der Waals surface area contributed by atoms with E-state index in [0.717, 1.165) is 0 Å². The summed E-state index contributed by atoms with van der Waals surface area (Å²) in [6.07, 6.45) is 3.20. The molecule has 1 aromatic heterocycles. The molecule has 3 heteroatoms. The largest absolute Gasteiger partial charge is 0.351 e. The highest BCUT2D eigenvalue weighted by atomic mass is 16.2. The summed E-state index contributed by atoms with van der Waals surface area (Å²) >= 11 is 0. The van der Waals surface area contributed by atoms with Gasteiger partial charge in [-0.1, -0.05) is 24.3 Å². The minimum absolute atomic E-state index is 0.494. The summed E-state index contributed by atoms with van der Waals surface area (Å²) < 4.78 is 1.31. The van der Waals surface area contributed by atoms with Crippen LogP contribution in [0.25, 0.3) is 0 Å². The van der Waals surface area contributed by atoms with Crippen molar-refractivity contribution >= 4 is 6.03 Å². The molecule has 0 bridgehead atoms. The van der Waals surface area contributed by atoms with Crippen LogP contribution < -0.4 is 5.73 Å². The Balaban J connectivity index is 3.19. The lowest BCUT2D eigenvalue weighted by Crippen LogP contribution is -2.17. The van der Waals surface area contributed by atoms with Crippen molar-refractivity contribution in [3.8, 4) is 0 Å². The van der Waals surface area contributed by atoms with Crippen molar-refractivity contribution in [3.63, 3.8) is 0 Å². The van der Waals surface area contributed by atoms with Crippen LogP contribution in [0.15, 0.2) is 48.8 Å². The molecule has 0 saturated heterocycles. The van der Waals surface area contributed by atoms with Crippen molar-refractivity contribution < 1.29 is 4.79 Å². The van der Waals surface area contributed by atoms with E-state index in [1.165, 1.54) is 4.57 Å². The first-order valence-corrected chi connectivity index (χ1v) is 3.57. The van der Waals surface area contributed by atoms with Crippen LogP contribution in [0.1, 0.15) is 0 Å². The van der Waals surface area contributed by atoms with E-state index in [9.17, 15) is 4.79 Å². The summed E-state index contributed by atoms with van der Waals surface area (Å²) in [5, 5.41) is 0. The second-order valence-electron chi connectivity index (χ2n) is 2.20. The van der Waals surface area contributed by atoms with Crippen molar-refractivity contribution in [2.75, 3.05) is 0 Å². The van der Waals surface area contributed by atoms with Gasteiger partial charge < -0.3 is 5.73 Å². The standard InChI is InChI=1S/C9H10N2O/c10-9(12)11-7-5-3-1-2-4-6-8-11/h1-8H,(H2,10,12). The third-order valence-electron chi connectivity index (χ3n) is 1.30. The van der Waals surface area contributed by atoms with E-state index in [1.54, 1.807) is 24.5 Å². The van der Waals surface area contributed by atoms with Gasteiger partial charge in [0.2, 0.25) is 0 Å². The fourth-order valence-corrected chi connectivity index (χ4v) is 0.738. The fraction of sp³-hybridized carbons (Fsp3) is 0. The molecule has 1 amide bonds. The quantitative estimate of drug-likeness (QED) is 0.618. The van der Waals surface area contributed by atoms with E-state index >= 15 is 0 Å². The summed E-state index contributed by atoms with van der Waals surface area (Å²) in [7, 11) is 0. The number of primary amides is 1. The van der Waals surface area contributed by atoms with Crippen LogP contribution in [-0.2, 0) is 0 Å². The van der Waals surface area contributed by atoms with Gasteiger partial charge in [-0.2, -0.15) is 0 Å². The van der Waals surface area contributed by atoms with Crippen molar-refractivity contribution in [3.05, 3.63) is 48.8 Å². The highest BCUT2D eigenvalue weighted by Crippen LogP contribution is 1.83. The van der Waals surface area contributed by atoms with Crippen molar-refractivity contribution in [1.29, 1.82) is 0 Å². The number of amides is 1. The summed E-state index contributed by atoms with van der Waals surface area (Å²) in [5.41, 5.74) is 5.07. The molecule has 1 heterocycles. The third kappa shape index (κ3) is 2.46. The highest BCUT2D eigenvalue weighted by Gasteiger charge is 1.87. The second-order valence-corrected chi connectivity index (χ2v) is 2.20. The Morgan fingerprint density at radius 2 is 1.33 bits per heavy atom. The minimum atomic E-state index is -0.494. The normalized spacial score (nSPS) is 8.67. The average molecular weight is 162 g/mol. The van der Waals surface area contributed by atoms with Gasteiger partial charge in [0.25, 0.3) is 0 Å². The lowest BCUT2D eigenvalue weighted by Gasteiger charge is -1.93. The van der Waals surface area contributed by atoms with Crippen LogP contribution in [0.4, 0.5) is 4.79 Å². The molecule has 0 fully saturated rings. The molecule has 2 N–H and O–H groups in total. The number of hydrogen-bond donors (Lipinski definition) is 1. The van der Waals surface area contributed by atoms with Gasteiger partial charge in [0.1, 0.15) is 0 Å². The molecule has 1 aromatic rings. The van der Waals surface area contributed by atoms with Crippen LogP contribution in [0.3, 0.4) is 0 Å². The van der Waals surface area contributed by atoms with Crippen molar-refractivity contribution in [2.45, 2.75) is 0 Å². The maximum atomic E-state index is 10.7. The number of hydrogen-bond acceptors (Lipinski definition) is 1. The molecule has 0 spiro atoms. The van der Waals surface area contributed by atoms with Gasteiger partial charge in [-0.25, -0.2) is 4.79 Å². The number of carbonyl (C=O) groups excluding carboxylic acids is 1. The number of carbonyl (C=O) groups is 1. The molecule has 0 aromatic carbocycles. The average Bonchev–Trinajstić information content (AvgIpc) is 2.15. The van der Waals surface area contributed by atoms with E-state index in [0.29, 0.717) is 0 Å². The molecule has 0 saturated carbocycles. The Labute approximate surface area is 70.8 Å². The molecular formula is C9H10N2O. The predicted octanol–water partition coefficient (Wildman–Crippen LogP) is 1.54. The van der Waals surface area contributed by atoms with Gasteiger partial charge in [0.15, 0.2) is 0 Å². The molecule has 0 atom stereocenters. The molecule has 1 rings (SSSR count). The number of nitrogens with two attached hydrogens (primary N) is 1. The smallest absolute Gasteiger partial charge is 0.322 e. The van der Waals surface area contributed by atoms with Gasteiger partial charge in [-0.3, -0.25) is 4.57 Å². The zero-order valence-corrected chi connectivity index (χ0v) is 6.55. The Morgan fingerprint density at radius 1 is 0.917 bits per heavy atom. The van der Waals surface area contributed by atoms with E-state index < -0.39 is 6.03 Å². The monoisotopic (exact) mass is 162 g/mol. The summed E-state index contributed by atoms with van der Waals surface area (Å²) in [6, 6.07) is 10.4. The molecule has 0 aliphatic carbocycles. The van der Waals surface area contributed by atoms with E-state index in [1.807, 2.05) is 24.3 Å². The zero-order chi connectivity index (χ0) is 8.81. The first-order valence-electron chi connectivity index (χ1n) is 3.57. The first-order chi connectivity index (χ1) is 5.80. The van der Waals surface area contributed by atoms with Crippen molar-refractivity contribution in [2.24, 2.45) is 5.73 Å². The molecular weight excluding hydrogens is 152 g/mol. The summed E-state index contributed by atoms with van der Waals surface area (Å²) in [6.45, 7) is 0. The lowest BCUT2D eigenvalue weighted by atomic mass is 10.5. The maximum absolute atomic E-state index is 10.7. The van der Waals surface area contributed by atoms with Gasteiger partial charge in [-0.05, 0) is 12.1 Å². The zero-order valence-electron chi connectivity index (χ0n) is 6.55. The number of nitrogens with zero attached hydrogens (tertiary/aromatic N) is 1. The van der Waals surface area contributed by atoms with Gasteiger partial charge in [0, 0.05) is 12.4 Å². The van der Waals surface area contributed by atoms with Crippen LogP contribution in [0.2, 0.25) is 0 Å². The predicted molar refractivity (Wildman–Crippen MR) is 47.0 cm³/mol. The first kappa shape index (κ1) is 8.33.